The van der Waals surface area contributed by atoms with E-state index in [0.29, 0.717) is 17.7 Å². The molecular weight excluding hydrogens is 393 g/mol. The number of carbonyl (C=O) groups is 2. The minimum Gasteiger partial charge on any atom is -0.478 e. The number of hydrogen-bond donors (Lipinski definition) is 1. The second-order valence-corrected chi connectivity index (χ2v) is 6.73. The predicted octanol–water partition coefficient (Wildman–Crippen LogP) is 2.96. The standard InChI is InChI=1S/C19H15F3N2O5/c20-14-7-16(22)15(21)5-12(14)13-6-18(25)23(9-17(13)24(28)29)8-10-2-1-3-11(4-10)19(26)27/h1-5,7,13,17H,6,8-9H2,(H,26,27)/t13-,17+/m1/s1. The van der Waals surface area contributed by atoms with Gasteiger partial charge in [0, 0.05) is 29.5 Å². The van der Waals surface area contributed by atoms with Gasteiger partial charge in [-0.05, 0) is 23.8 Å². The van der Waals surface area contributed by atoms with Crippen LogP contribution >= 0.6 is 0 Å². The zero-order chi connectivity index (χ0) is 21.3. The molecule has 1 N–H and O–H groups in total. The number of carbonyl (C=O) groups excluding carboxylic acids is 1. The number of nitrogens with zero attached hydrogens (tertiary/aromatic N) is 2. The van der Waals surface area contributed by atoms with Crippen molar-refractivity contribution in [3.05, 3.63) is 80.7 Å². The molecule has 0 aromatic heterocycles. The van der Waals surface area contributed by atoms with E-state index in [-0.39, 0.29) is 18.7 Å². The molecule has 0 unspecified atom stereocenters. The molecule has 10 heteroatoms. The van der Waals surface area contributed by atoms with Crippen LogP contribution in [0.5, 0.6) is 0 Å². The Kier molecular flexibility index (Phi) is 5.53. The largest absolute Gasteiger partial charge is 0.478 e. The maximum absolute atomic E-state index is 14.1. The highest BCUT2D eigenvalue weighted by atomic mass is 19.2. The van der Waals surface area contributed by atoms with Gasteiger partial charge in [-0.15, -0.1) is 0 Å². The lowest BCUT2D eigenvalue weighted by Gasteiger charge is -2.34. The third kappa shape index (κ3) is 4.20. The topological polar surface area (TPSA) is 101 Å². The van der Waals surface area contributed by atoms with Crippen LogP contribution in [0.1, 0.15) is 33.8 Å². The fraction of sp³-hybridized carbons (Fsp3) is 0.263. The van der Waals surface area contributed by atoms with E-state index in [9.17, 15) is 32.9 Å². The Bertz CT molecular complexity index is 998. The molecule has 0 spiro atoms. The van der Waals surface area contributed by atoms with E-state index in [1.165, 1.54) is 23.1 Å². The number of carboxylic acids is 1. The van der Waals surface area contributed by atoms with Crippen molar-refractivity contribution in [2.45, 2.75) is 24.9 Å². The highest BCUT2D eigenvalue weighted by Gasteiger charge is 2.43. The van der Waals surface area contributed by atoms with Crippen LogP contribution in [-0.4, -0.2) is 39.4 Å². The normalized spacial score (nSPS) is 19.3. The molecule has 2 atom stereocenters. The third-order valence-electron chi connectivity index (χ3n) is 4.88. The van der Waals surface area contributed by atoms with Crippen LogP contribution in [0, 0.1) is 27.6 Å². The molecule has 7 nitrogen and oxygen atoms in total. The fourth-order valence-corrected chi connectivity index (χ4v) is 3.44. The fourth-order valence-electron chi connectivity index (χ4n) is 3.44. The summed E-state index contributed by atoms with van der Waals surface area (Å²) in [5, 5.41) is 20.6. The quantitative estimate of drug-likeness (QED) is 0.466. The van der Waals surface area contributed by atoms with Crippen LogP contribution in [0.3, 0.4) is 0 Å². The summed E-state index contributed by atoms with van der Waals surface area (Å²) in [4.78, 5) is 35.6. The zero-order valence-electron chi connectivity index (χ0n) is 14.8. The summed E-state index contributed by atoms with van der Waals surface area (Å²) in [6, 6.07) is 5.18. The van der Waals surface area contributed by atoms with Crippen LogP contribution in [-0.2, 0) is 11.3 Å². The molecule has 2 aromatic carbocycles. The van der Waals surface area contributed by atoms with E-state index >= 15 is 0 Å². The molecular formula is C19H15F3N2O5. The molecule has 3 rings (SSSR count). The second-order valence-electron chi connectivity index (χ2n) is 6.73. The van der Waals surface area contributed by atoms with Crippen LogP contribution in [0.4, 0.5) is 13.2 Å². The Hall–Kier alpha value is -3.43. The summed E-state index contributed by atoms with van der Waals surface area (Å²) in [6.45, 7) is -0.455. The van der Waals surface area contributed by atoms with Gasteiger partial charge in [-0.3, -0.25) is 14.9 Å². The van der Waals surface area contributed by atoms with Crippen LogP contribution in [0.2, 0.25) is 0 Å². The van der Waals surface area contributed by atoms with Crippen molar-refractivity contribution in [3.63, 3.8) is 0 Å². The molecule has 1 heterocycles. The Morgan fingerprint density at radius 1 is 1.17 bits per heavy atom. The van der Waals surface area contributed by atoms with Crippen molar-refractivity contribution in [1.29, 1.82) is 0 Å². The van der Waals surface area contributed by atoms with Crippen molar-refractivity contribution in [3.8, 4) is 0 Å². The van der Waals surface area contributed by atoms with E-state index in [1.54, 1.807) is 6.07 Å². The second kappa shape index (κ2) is 7.90. The highest BCUT2D eigenvalue weighted by Crippen LogP contribution is 2.34. The van der Waals surface area contributed by atoms with Crippen molar-refractivity contribution >= 4 is 11.9 Å². The van der Waals surface area contributed by atoms with Gasteiger partial charge in [-0.25, -0.2) is 18.0 Å². The summed E-state index contributed by atoms with van der Waals surface area (Å²) in [5.74, 6) is -6.90. The molecule has 2 aromatic rings. The Labute approximate surface area is 162 Å². The first-order chi connectivity index (χ1) is 13.7. The van der Waals surface area contributed by atoms with Gasteiger partial charge in [0.15, 0.2) is 11.6 Å². The minimum atomic E-state index is -1.44. The molecule has 0 aliphatic carbocycles. The third-order valence-corrected chi connectivity index (χ3v) is 4.88. The summed E-state index contributed by atoms with van der Waals surface area (Å²) < 4.78 is 40.9. The number of rotatable bonds is 5. The maximum atomic E-state index is 14.1. The molecule has 1 amide bonds. The summed E-state index contributed by atoms with van der Waals surface area (Å²) in [7, 11) is 0. The SMILES string of the molecule is O=C(O)c1cccc(CN2C[C@H]([N+](=O)[O-])[C@@H](c3cc(F)c(F)cc3F)CC2=O)c1. The Morgan fingerprint density at radius 3 is 2.52 bits per heavy atom. The van der Waals surface area contributed by atoms with Crippen molar-refractivity contribution < 1.29 is 32.8 Å². The van der Waals surface area contributed by atoms with Crippen molar-refractivity contribution in [1.82, 2.24) is 4.90 Å². The van der Waals surface area contributed by atoms with Gasteiger partial charge in [-0.1, -0.05) is 12.1 Å². The first kappa shape index (κ1) is 20.3. The average Bonchev–Trinajstić information content (AvgIpc) is 2.66. The number of amides is 1. The molecule has 0 saturated carbocycles. The zero-order valence-corrected chi connectivity index (χ0v) is 14.8. The van der Waals surface area contributed by atoms with Gasteiger partial charge in [0.2, 0.25) is 11.9 Å². The number of halogens is 3. The molecule has 1 aliphatic heterocycles. The Morgan fingerprint density at radius 2 is 1.86 bits per heavy atom. The van der Waals surface area contributed by atoms with Crippen LogP contribution in [0.15, 0.2) is 36.4 Å². The smallest absolute Gasteiger partial charge is 0.335 e. The van der Waals surface area contributed by atoms with E-state index in [0.717, 1.165) is 0 Å². The monoisotopic (exact) mass is 408 g/mol. The van der Waals surface area contributed by atoms with E-state index < -0.39 is 58.2 Å². The lowest BCUT2D eigenvalue weighted by molar-refractivity contribution is -0.528. The molecule has 1 aliphatic rings. The minimum absolute atomic E-state index is 0.000445. The number of benzene rings is 2. The number of aromatic carboxylic acids is 1. The summed E-state index contributed by atoms with van der Waals surface area (Å²) in [5.41, 5.74) is 0.0313. The number of carboxylic acid groups (broad SMARTS) is 1. The molecule has 29 heavy (non-hydrogen) atoms. The summed E-state index contributed by atoms with van der Waals surface area (Å²) in [6.07, 6.45) is -0.466. The van der Waals surface area contributed by atoms with Gasteiger partial charge in [0.1, 0.15) is 5.82 Å². The molecule has 0 bridgehead atoms. The lowest BCUT2D eigenvalue weighted by atomic mass is 9.84. The first-order valence-corrected chi connectivity index (χ1v) is 8.55. The number of hydrogen-bond acceptors (Lipinski definition) is 4. The van der Waals surface area contributed by atoms with Crippen LogP contribution < -0.4 is 0 Å². The van der Waals surface area contributed by atoms with E-state index in [1.807, 2.05) is 0 Å². The van der Waals surface area contributed by atoms with Gasteiger partial charge >= 0.3 is 5.97 Å². The van der Waals surface area contributed by atoms with Gasteiger partial charge in [0.05, 0.1) is 18.0 Å². The van der Waals surface area contributed by atoms with Crippen molar-refractivity contribution in [2.24, 2.45) is 0 Å². The lowest BCUT2D eigenvalue weighted by Crippen LogP contribution is -2.49. The Balaban J connectivity index is 1.87. The van der Waals surface area contributed by atoms with E-state index in [2.05, 4.69) is 0 Å². The number of nitro groups is 1. The van der Waals surface area contributed by atoms with Gasteiger partial charge < -0.3 is 10.0 Å². The predicted molar refractivity (Wildman–Crippen MR) is 93.3 cm³/mol. The average molecular weight is 408 g/mol. The maximum Gasteiger partial charge on any atom is 0.335 e. The molecule has 152 valence electrons. The number of piperidine rings is 1. The van der Waals surface area contributed by atoms with E-state index in [4.69, 9.17) is 5.11 Å². The molecule has 0 radical (unpaired) electrons. The molecule has 1 saturated heterocycles. The molecule has 1 fully saturated rings. The number of likely N-dealkylation sites (tertiary alicyclic amines) is 1. The van der Waals surface area contributed by atoms with Gasteiger partial charge in [0.25, 0.3) is 0 Å². The van der Waals surface area contributed by atoms with Gasteiger partial charge in [-0.2, -0.15) is 0 Å². The first-order valence-electron chi connectivity index (χ1n) is 8.55. The summed E-state index contributed by atoms with van der Waals surface area (Å²) >= 11 is 0. The highest BCUT2D eigenvalue weighted by molar-refractivity contribution is 5.87. The van der Waals surface area contributed by atoms with Crippen LogP contribution in [0.25, 0.3) is 0 Å². The van der Waals surface area contributed by atoms with Crippen molar-refractivity contribution in [2.75, 3.05) is 6.54 Å².